The normalized spacial score (nSPS) is 10.8. The summed E-state index contributed by atoms with van der Waals surface area (Å²) in [7, 11) is 1.67. The molecule has 0 amide bonds. The van der Waals surface area contributed by atoms with Crippen LogP contribution in [0.4, 0.5) is 0 Å². The van der Waals surface area contributed by atoms with E-state index in [0.29, 0.717) is 0 Å². The van der Waals surface area contributed by atoms with Gasteiger partial charge in [-0.1, -0.05) is 12.1 Å². The first-order chi connectivity index (χ1) is 8.78. The molecule has 0 atom stereocenters. The predicted octanol–water partition coefficient (Wildman–Crippen LogP) is 3.34. The summed E-state index contributed by atoms with van der Waals surface area (Å²) >= 11 is 0. The number of ether oxygens (including phenoxy) is 1. The Morgan fingerprint density at radius 2 is 1.83 bits per heavy atom. The van der Waals surface area contributed by atoms with E-state index in [-0.39, 0.29) is 0 Å². The fraction of sp³-hybridized carbons (Fsp3) is 0.133. The van der Waals surface area contributed by atoms with Gasteiger partial charge in [0.05, 0.1) is 24.5 Å². The Hall–Kier alpha value is -2.29. The Morgan fingerprint density at radius 1 is 1.06 bits per heavy atom. The number of hydrogen-bond acceptors (Lipinski definition) is 2. The van der Waals surface area contributed by atoms with E-state index in [1.807, 2.05) is 35.1 Å². The van der Waals surface area contributed by atoms with Crippen molar-refractivity contribution in [3.8, 4) is 11.4 Å². The van der Waals surface area contributed by atoms with Crippen LogP contribution in [0.25, 0.3) is 16.6 Å². The predicted molar refractivity (Wildman–Crippen MR) is 72.4 cm³/mol. The molecule has 90 valence electrons. The van der Waals surface area contributed by atoms with Crippen molar-refractivity contribution in [3.05, 3.63) is 54.2 Å². The van der Waals surface area contributed by atoms with Crippen LogP contribution in [0, 0.1) is 6.92 Å². The first kappa shape index (κ1) is 10.8. The lowest BCUT2D eigenvalue weighted by Crippen LogP contribution is -1.96. The molecular weight excluding hydrogens is 224 g/mol. The van der Waals surface area contributed by atoms with Crippen LogP contribution in [0.15, 0.2) is 48.7 Å². The highest BCUT2D eigenvalue weighted by atomic mass is 16.5. The van der Waals surface area contributed by atoms with Gasteiger partial charge in [0.2, 0.25) is 0 Å². The van der Waals surface area contributed by atoms with Crippen molar-refractivity contribution in [2.24, 2.45) is 0 Å². The maximum absolute atomic E-state index is 5.16. The number of aryl methyl sites for hydroxylation is 1. The van der Waals surface area contributed by atoms with E-state index >= 15 is 0 Å². The molecule has 0 aliphatic carbocycles. The number of hydrogen-bond donors (Lipinski definition) is 0. The van der Waals surface area contributed by atoms with Crippen molar-refractivity contribution >= 4 is 10.9 Å². The Labute approximate surface area is 106 Å². The minimum Gasteiger partial charge on any atom is -0.497 e. The van der Waals surface area contributed by atoms with E-state index < -0.39 is 0 Å². The molecule has 3 rings (SSSR count). The molecule has 3 nitrogen and oxygen atoms in total. The molecule has 0 saturated heterocycles. The second kappa shape index (κ2) is 4.18. The number of methoxy groups -OCH3 is 1. The summed E-state index contributed by atoms with van der Waals surface area (Å²) in [5.41, 5.74) is 3.40. The van der Waals surface area contributed by atoms with Gasteiger partial charge in [-0.15, -0.1) is 0 Å². The average molecular weight is 238 g/mol. The molecule has 0 N–H and O–H groups in total. The smallest absolute Gasteiger partial charge is 0.119 e. The number of aromatic nitrogens is 2. The van der Waals surface area contributed by atoms with Crippen LogP contribution in [0.1, 0.15) is 5.56 Å². The fourth-order valence-electron chi connectivity index (χ4n) is 2.06. The van der Waals surface area contributed by atoms with E-state index in [2.05, 4.69) is 30.2 Å². The van der Waals surface area contributed by atoms with Crippen LogP contribution < -0.4 is 4.74 Å². The van der Waals surface area contributed by atoms with Gasteiger partial charge >= 0.3 is 0 Å². The fourth-order valence-corrected chi connectivity index (χ4v) is 2.06. The molecular formula is C15H14N2O. The van der Waals surface area contributed by atoms with Crippen LogP contribution in [-0.4, -0.2) is 16.9 Å². The lowest BCUT2D eigenvalue weighted by Gasteiger charge is -2.05. The number of fused-ring (bicyclic) bond motifs is 1. The summed E-state index contributed by atoms with van der Waals surface area (Å²) in [5.74, 6) is 0.853. The minimum absolute atomic E-state index is 0.853. The monoisotopic (exact) mass is 238 g/mol. The molecule has 2 aromatic carbocycles. The van der Waals surface area contributed by atoms with Crippen LogP contribution in [-0.2, 0) is 0 Å². The summed E-state index contributed by atoms with van der Waals surface area (Å²) < 4.78 is 7.11. The van der Waals surface area contributed by atoms with E-state index in [4.69, 9.17) is 4.74 Å². The minimum atomic E-state index is 0.853. The number of nitrogens with zero attached hydrogens (tertiary/aromatic N) is 2. The van der Waals surface area contributed by atoms with Crippen LogP contribution in [0.3, 0.4) is 0 Å². The van der Waals surface area contributed by atoms with E-state index in [1.165, 1.54) is 5.56 Å². The molecule has 3 heteroatoms. The molecule has 1 aromatic heterocycles. The van der Waals surface area contributed by atoms with E-state index in [9.17, 15) is 0 Å². The molecule has 0 fully saturated rings. The van der Waals surface area contributed by atoms with Crippen LogP contribution in [0.2, 0.25) is 0 Å². The zero-order valence-electron chi connectivity index (χ0n) is 10.4. The summed E-state index contributed by atoms with van der Waals surface area (Å²) in [6, 6.07) is 14.2. The van der Waals surface area contributed by atoms with Crippen molar-refractivity contribution < 1.29 is 4.74 Å². The van der Waals surface area contributed by atoms with Gasteiger partial charge in [-0.25, -0.2) is 4.68 Å². The molecule has 0 saturated carbocycles. The van der Waals surface area contributed by atoms with Crippen molar-refractivity contribution in [1.29, 1.82) is 0 Å². The Morgan fingerprint density at radius 3 is 2.56 bits per heavy atom. The van der Waals surface area contributed by atoms with Crippen molar-refractivity contribution in [2.45, 2.75) is 6.92 Å². The van der Waals surface area contributed by atoms with Gasteiger partial charge in [0.15, 0.2) is 0 Å². The first-order valence-electron chi connectivity index (χ1n) is 5.87. The summed E-state index contributed by atoms with van der Waals surface area (Å²) in [5, 5.41) is 5.59. The highest BCUT2D eigenvalue weighted by Crippen LogP contribution is 2.21. The molecule has 0 unspecified atom stereocenters. The average Bonchev–Trinajstić information content (AvgIpc) is 2.82. The Bertz CT molecular complexity index is 683. The summed E-state index contributed by atoms with van der Waals surface area (Å²) in [4.78, 5) is 0. The van der Waals surface area contributed by atoms with Gasteiger partial charge in [-0.2, -0.15) is 5.10 Å². The first-order valence-corrected chi connectivity index (χ1v) is 5.87. The third-order valence-electron chi connectivity index (χ3n) is 3.04. The van der Waals surface area contributed by atoms with Gasteiger partial charge in [0, 0.05) is 5.39 Å². The molecule has 0 radical (unpaired) electrons. The largest absolute Gasteiger partial charge is 0.497 e. The van der Waals surface area contributed by atoms with E-state index in [0.717, 1.165) is 22.3 Å². The zero-order valence-corrected chi connectivity index (χ0v) is 10.4. The molecule has 0 aliphatic heterocycles. The zero-order chi connectivity index (χ0) is 12.5. The maximum atomic E-state index is 5.16. The quantitative estimate of drug-likeness (QED) is 0.684. The molecule has 0 aliphatic rings. The Kier molecular flexibility index (Phi) is 2.52. The molecule has 1 heterocycles. The third-order valence-corrected chi connectivity index (χ3v) is 3.04. The van der Waals surface area contributed by atoms with E-state index in [1.54, 1.807) is 7.11 Å². The topological polar surface area (TPSA) is 27.1 Å². The lowest BCUT2D eigenvalue weighted by atomic mass is 10.2. The summed E-state index contributed by atoms with van der Waals surface area (Å²) in [6.45, 7) is 2.09. The lowest BCUT2D eigenvalue weighted by molar-refractivity contribution is 0.414. The van der Waals surface area contributed by atoms with Gasteiger partial charge in [0.25, 0.3) is 0 Å². The van der Waals surface area contributed by atoms with Crippen molar-refractivity contribution in [2.75, 3.05) is 7.11 Å². The van der Waals surface area contributed by atoms with Crippen LogP contribution >= 0.6 is 0 Å². The third kappa shape index (κ3) is 1.74. The molecule has 18 heavy (non-hydrogen) atoms. The Balaban J connectivity index is 2.15. The summed E-state index contributed by atoms with van der Waals surface area (Å²) in [6.07, 6.45) is 1.89. The highest BCUT2D eigenvalue weighted by molar-refractivity contribution is 5.80. The van der Waals surface area contributed by atoms with Gasteiger partial charge < -0.3 is 4.74 Å². The molecule has 0 spiro atoms. The number of rotatable bonds is 2. The van der Waals surface area contributed by atoms with Crippen molar-refractivity contribution in [3.63, 3.8) is 0 Å². The standard InChI is InChI=1S/C15H14N2O/c1-11-3-4-12-10-16-17(15(12)9-11)13-5-7-14(18-2)8-6-13/h3-10H,1-2H3. The number of benzene rings is 2. The molecule has 0 bridgehead atoms. The van der Waals surface area contributed by atoms with Gasteiger partial charge in [0.1, 0.15) is 5.75 Å². The van der Waals surface area contributed by atoms with Crippen LogP contribution in [0.5, 0.6) is 5.75 Å². The highest BCUT2D eigenvalue weighted by Gasteiger charge is 2.04. The van der Waals surface area contributed by atoms with Crippen molar-refractivity contribution in [1.82, 2.24) is 9.78 Å². The second-order valence-corrected chi connectivity index (χ2v) is 4.32. The SMILES string of the molecule is COc1ccc(-n2ncc3ccc(C)cc32)cc1. The second-order valence-electron chi connectivity index (χ2n) is 4.32. The maximum Gasteiger partial charge on any atom is 0.119 e. The molecule has 3 aromatic rings. The van der Waals surface area contributed by atoms with Gasteiger partial charge in [-0.3, -0.25) is 0 Å². The van der Waals surface area contributed by atoms with Gasteiger partial charge in [-0.05, 0) is 42.8 Å².